The molecule has 1 aromatic heterocycles. The lowest BCUT2D eigenvalue weighted by Gasteiger charge is -2.39. The molecule has 1 aliphatic heterocycles. The van der Waals surface area contributed by atoms with E-state index in [2.05, 4.69) is 20.8 Å². The number of nitrogens with two attached hydrogens (primary N) is 1. The molecule has 13 heteroatoms. The number of carbonyl (C=O) groups is 1. The van der Waals surface area contributed by atoms with E-state index in [0.29, 0.717) is 25.3 Å². The van der Waals surface area contributed by atoms with Gasteiger partial charge in [0.25, 0.3) is 0 Å². The van der Waals surface area contributed by atoms with Crippen molar-refractivity contribution in [3.8, 4) is 11.6 Å². The van der Waals surface area contributed by atoms with Gasteiger partial charge in [-0.25, -0.2) is 4.79 Å². The van der Waals surface area contributed by atoms with E-state index in [4.69, 9.17) is 19.9 Å². The summed E-state index contributed by atoms with van der Waals surface area (Å²) in [6.45, 7) is 10.0. The molecule has 2 amide bonds. The number of aromatic nitrogens is 2. The molecule has 9 N–H and O–H groups in total. The minimum atomic E-state index is -1.56. The fraction of sp³-hybridized carbons (Fsp3) is 0.630. The molecular weight excluding hydrogens is 522 g/mol. The molecule has 0 radical (unpaired) electrons. The molecular formula is C27H43N5O8. The second kappa shape index (κ2) is 13.6. The Kier molecular flexibility index (Phi) is 10.8. The number of aliphatic hydroxyl groups is 4. The molecule has 1 aromatic carbocycles. The van der Waals surface area contributed by atoms with Crippen molar-refractivity contribution in [3.63, 3.8) is 0 Å². The summed E-state index contributed by atoms with van der Waals surface area (Å²) in [7, 11) is 0. The Bertz CT molecular complexity index is 1120. The molecule has 1 fully saturated rings. The quantitative estimate of drug-likeness (QED) is 0.162. The Morgan fingerprint density at radius 2 is 1.95 bits per heavy atom. The van der Waals surface area contributed by atoms with Gasteiger partial charge in [0.2, 0.25) is 12.2 Å². The summed E-state index contributed by atoms with van der Waals surface area (Å²) in [6, 6.07) is 5.37. The molecule has 2 aromatic rings. The lowest BCUT2D eigenvalue weighted by atomic mass is 9.96. The monoisotopic (exact) mass is 565 g/mol. The molecule has 1 saturated heterocycles. The van der Waals surface area contributed by atoms with E-state index >= 15 is 0 Å². The summed E-state index contributed by atoms with van der Waals surface area (Å²) < 4.78 is 17.2. The van der Waals surface area contributed by atoms with Gasteiger partial charge in [-0.05, 0) is 49.9 Å². The van der Waals surface area contributed by atoms with Crippen molar-refractivity contribution in [3.05, 3.63) is 40.6 Å². The first kappa shape index (κ1) is 31.6. The number of amides is 2. The van der Waals surface area contributed by atoms with Crippen molar-refractivity contribution in [2.24, 2.45) is 5.73 Å². The molecule has 40 heavy (non-hydrogen) atoms. The summed E-state index contributed by atoms with van der Waals surface area (Å²) in [4.78, 5) is 12.0. The number of carbonyl (C=O) groups excluding carboxylic acids is 1. The number of H-pyrrole nitrogens is 1. The van der Waals surface area contributed by atoms with E-state index < -0.39 is 42.9 Å². The van der Waals surface area contributed by atoms with Crippen molar-refractivity contribution in [1.82, 2.24) is 20.8 Å². The second-order valence-electron chi connectivity index (χ2n) is 11.0. The van der Waals surface area contributed by atoms with Crippen LogP contribution in [-0.2, 0) is 11.2 Å². The SMILES string of the molecule is Cc1cc(OCCNC(=O)NC(C)(C)CN)ccc1Cc1c(O[C@@H]2O[C@H](CO)[C@@H](O)[C@H](O)[C@H]2O)n[nH]c1C(C)C. The summed E-state index contributed by atoms with van der Waals surface area (Å²) in [6.07, 6.45) is -6.57. The lowest BCUT2D eigenvalue weighted by Crippen LogP contribution is -2.60. The molecule has 0 spiro atoms. The molecule has 13 nitrogen and oxygen atoms in total. The van der Waals surface area contributed by atoms with E-state index in [9.17, 15) is 25.2 Å². The van der Waals surface area contributed by atoms with Gasteiger partial charge < -0.3 is 51.0 Å². The average Bonchev–Trinajstić information content (AvgIpc) is 3.30. The minimum absolute atomic E-state index is 0.0812. The summed E-state index contributed by atoms with van der Waals surface area (Å²) in [5.74, 6) is 0.924. The average molecular weight is 566 g/mol. The third-order valence-corrected chi connectivity index (χ3v) is 6.81. The van der Waals surface area contributed by atoms with Gasteiger partial charge in [0.1, 0.15) is 36.8 Å². The number of aryl methyl sites for hydroxylation is 1. The van der Waals surface area contributed by atoms with Gasteiger partial charge in [-0.2, -0.15) is 0 Å². The normalized spacial score (nSPS) is 23.2. The maximum atomic E-state index is 12.0. The van der Waals surface area contributed by atoms with Gasteiger partial charge >= 0.3 is 6.03 Å². The number of urea groups is 1. The zero-order valence-electron chi connectivity index (χ0n) is 23.7. The van der Waals surface area contributed by atoms with Crippen LogP contribution in [0.2, 0.25) is 0 Å². The standard InChI is InChI=1S/C27H43N5O8/c1-14(2)20-18(24(32-31-20)40-25-23(36)22(35)21(34)19(12-33)39-25)11-16-6-7-17(10-15(16)3)38-9-8-29-26(37)30-27(4,5)13-28/h6-7,10,14,19,21-23,25,33-36H,8-9,11-13,28H2,1-5H3,(H,31,32)(H2,29,30,37)/t19-,21-,22+,23-,25+/m1/s1. The van der Waals surface area contributed by atoms with Crippen LogP contribution in [0.4, 0.5) is 4.79 Å². The Morgan fingerprint density at radius 1 is 1.23 bits per heavy atom. The summed E-state index contributed by atoms with van der Waals surface area (Å²) in [5, 5.41) is 52.9. The van der Waals surface area contributed by atoms with E-state index in [-0.39, 0.29) is 24.4 Å². The van der Waals surface area contributed by atoms with E-state index in [0.717, 1.165) is 22.4 Å². The van der Waals surface area contributed by atoms with E-state index in [1.807, 2.05) is 52.8 Å². The smallest absolute Gasteiger partial charge is 0.315 e. The van der Waals surface area contributed by atoms with Crippen LogP contribution in [0.3, 0.4) is 0 Å². The van der Waals surface area contributed by atoms with Crippen LogP contribution in [0.1, 0.15) is 56.0 Å². The predicted octanol–water partition coefficient (Wildman–Crippen LogP) is 0.0263. The van der Waals surface area contributed by atoms with Crippen molar-refractivity contribution in [2.45, 2.75) is 83.2 Å². The number of hydrogen-bond acceptors (Lipinski definition) is 10. The number of aromatic amines is 1. The number of nitrogens with one attached hydrogen (secondary N) is 3. The van der Waals surface area contributed by atoms with E-state index in [1.165, 1.54) is 0 Å². The third kappa shape index (κ3) is 7.83. The van der Waals surface area contributed by atoms with Gasteiger partial charge in [0, 0.05) is 29.8 Å². The molecule has 3 rings (SSSR count). The highest BCUT2D eigenvalue weighted by atomic mass is 16.7. The van der Waals surface area contributed by atoms with Gasteiger partial charge in [0.05, 0.1) is 13.2 Å². The first-order valence-corrected chi connectivity index (χ1v) is 13.4. The molecule has 1 aliphatic rings. The first-order chi connectivity index (χ1) is 18.9. The maximum Gasteiger partial charge on any atom is 0.315 e. The van der Waals surface area contributed by atoms with Crippen LogP contribution in [0.5, 0.6) is 11.6 Å². The molecule has 0 unspecified atom stereocenters. The van der Waals surface area contributed by atoms with Crippen molar-refractivity contribution in [2.75, 3.05) is 26.3 Å². The molecule has 5 atom stereocenters. The Balaban J connectivity index is 1.66. The highest BCUT2D eigenvalue weighted by molar-refractivity contribution is 5.74. The van der Waals surface area contributed by atoms with E-state index in [1.54, 1.807) is 0 Å². The predicted molar refractivity (Wildman–Crippen MR) is 146 cm³/mol. The van der Waals surface area contributed by atoms with Crippen LogP contribution < -0.4 is 25.8 Å². The second-order valence-corrected chi connectivity index (χ2v) is 11.0. The maximum absolute atomic E-state index is 12.0. The largest absolute Gasteiger partial charge is 0.492 e. The summed E-state index contributed by atoms with van der Waals surface area (Å²) >= 11 is 0. The zero-order valence-corrected chi connectivity index (χ0v) is 23.7. The molecule has 0 bridgehead atoms. The van der Waals surface area contributed by atoms with Crippen LogP contribution in [0, 0.1) is 6.92 Å². The Morgan fingerprint density at radius 3 is 2.58 bits per heavy atom. The molecule has 2 heterocycles. The van der Waals surface area contributed by atoms with Gasteiger partial charge in [-0.3, -0.25) is 5.10 Å². The van der Waals surface area contributed by atoms with Crippen LogP contribution in [-0.4, -0.2) is 99.2 Å². The number of aliphatic hydroxyl groups excluding tert-OH is 4. The third-order valence-electron chi connectivity index (χ3n) is 6.81. The van der Waals surface area contributed by atoms with Gasteiger partial charge in [0.15, 0.2) is 0 Å². The molecule has 224 valence electrons. The van der Waals surface area contributed by atoms with Crippen LogP contribution in [0.15, 0.2) is 18.2 Å². The zero-order chi connectivity index (χ0) is 29.6. The Labute approximate surface area is 234 Å². The van der Waals surface area contributed by atoms with Crippen molar-refractivity contribution in [1.29, 1.82) is 0 Å². The number of nitrogens with zero attached hydrogens (tertiary/aromatic N) is 1. The van der Waals surface area contributed by atoms with Gasteiger partial charge in [-0.1, -0.05) is 19.9 Å². The van der Waals surface area contributed by atoms with Crippen LogP contribution in [0.25, 0.3) is 0 Å². The number of benzene rings is 1. The minimum Gasteiger partial charge on any atom is -0.492 e. The number of rotatable bonds is 12. The fourth-order valence-corrected chi connectivity index (χ4v) is 4.26. The first-order valence-electron chi connectivity index (χ1n) is 13.4. The lowest BCUT2D eigenvalue weighted by molar-refractivity contribution is -0.278. The van der Waals surface area contributed by atoms with Crippen molar-refractivity contribution < 1.29 is 39.4 Å². The highest BCUT2D eigenvalue weighted by Gasteiger charge is 2.45. The highest BCUT2D eigenvalue weighted by Crippen LogP contribution is 2.32. The molecule has 0 saturated carbocycles. The molecule has 0 aliphatic carbocycles. The number of hydrogen-bond donors (Lipinski definition) is 8. The Hall–Kier alpha value is -2.94. The van der Waals surface area contributed by atoms with Gasteiger partial charge in [-0.15, -0.1) is 5.10 Å². The van der Waals surface area contributed by atoms with Crippen LogP contribution >= 0.6 is 0 Å². The summed E-state index contributed by atoms with van der Waals surface area (Å²) in [5.41, 5.74) is 8.66. The fourth-order valence-electron chi connectivity index (χ4n) is 4.26. The van der Waals surface area contributed by atoms with Crippen molar-refractivity contribution >= 4 is 6.03 Å². The topological polar surface area (TPSA) is 204 Å². The number of ether oxygens (including phenoxy) is 3.